The highest BCUT2D eigenvalue weighted by Gasteiger charge is 2.46. The van der Waals surface area contributed by atoms with Crippen molar-refractivity contribution in [2.45, 2.75) is 13.3 Å². The molecule has 1 aliphatic heterocycles. The standard InChI is InChI=1S/C5H10N2O8S2/c1-2-13-16(9,10)7(3-4(6)8)5-14-17(11,12)15-5/h5H,2-3H2,1H3,(H2,6,8). The molecule has 0 spiro atoms. The Bertz CT molecular complexity index is 484. The van der Waals surface area contributed by atoms with Gasteiger partial charge in [-0.25, -0.2) is 0 Å². The summed E-state index contributed by atoms with van der Waals surface area (Å²) in [6.07, 6.45) is -1.77. The topological polar surface area (TPSA) is 142 Å². The Balaban J connectivity index is 2.86. The number of nitrogens with two attached hydrogens (primary N) is 1. The second-order valence-electron chi connectivity index (χ2n) is 2.78. The molecule has 1 fully saturated rings. The summed E-state index contributed by atoms with van der Waals surface area (Å²) < 4.78 is 56.9. The lowest BCUT2D eigenvalue weighted by Crippen LogP contribution is -2.54. The summed E-state index contributed by atoms with van der Waals surface area (Å²) in [6, 6.07) is 0. The molecule has 0 aromatic rings. The number of rotatable bonds is 6. The molecule has 1 rings (SSSR count). The van der Waals surface area contributed by atoms with Gasteiger partial charge in [0.1, 0.15) is 0 Å². The lowest BCUT2D eigenvalue weighted by Gasteiger charge is -2.32. The van der Waals surface area contributed by atoms with Crippen molar-refractivity contribution in [3.05, 3.63) is 0 Å². The third-order valence-electron chi connectivity index (χ3n) is 1.50. The van der Waals surface area contributed by atoms with Crippen molar-refractivity contribution in [2.75, 3.05) is 13.2 Å². The van der Waals surface area contributed by atoms with Crippen LogP contribution < -0.4 is 5.73 Å². The molecule has 0 unspecified atom stereocenters. The van der Waals surface area contributed by atoms with Crippen molar-refractivity contribution in [1.29, 1.82) is 0 Å². The van der Waals surface area contributed by atoms with Gasteiger partial charge in [0.2, 0.25) is 5.91 Å². The van der Waals surface area contributed by atoms with E-state index in [0.29, 0.717) is 0 Å². The van der Waals surface area contributed by atoms with E-state index in [0.717, 1.165) is 0 Å². The van der Waals surface area contributed by atoms with Crippen LogP contribution in [0.4, 0.5) is 0 Å². The molecule has 0 bridgehead atoms. The summed E-state index contributed by atoms with van der Waals surface area (Å²) in [5, 5.41) is 0. The quantitative estimate of drug-likeness (QED) is 0.571. The number of carbonyl (C=O) groups is 1. The van der Waals surface area contributed by atoms with Gasteiger partial charge >= 0.3 is 20.7 Å². The van der Waals surface area contributed by atoms with Crippen LogP contribution in [0.15, 0.2) is 0 Å². The highest BCUT2D eigenvalue weighted by molar-refractivity contribution is 7.85. The first-order valence-electron chi connectivity index (χ1n) is 4.24. The third-order valence-corrected chi connectivity index (χ3v) is 3.71. The molecule has 0 radical (unpaired) electrons. The number of hydrogen-bond donors (Lipinski definition) is 1. The van der Waals surface area contributed by atoms with Gasteiger partial charge in [-0.1, -0.05) is 0 Å². The minimum Gasteiger partial charge on any atom is -0.369 e. The molecule has 1 aliphatic rings. The van der Waals surface area contributed by atoms with E-state index in [4.69, 9.17) is 5.73 Å². The molecule has 1 amide bonds. The summed E-state index contributed by atoms with van der Waals surface area (Å²) in [4.78, 5) is 10.7. The number of hydrogen-bond acceptors (Lipinski definition) is 8. The maximum absolute atomic E-state index is 11.5. The van der Waals surface area contributed by atoms with Crippen LogP contribution in [-0.2, 0) is 38.0 Å². The summed E-state index contributed by atoms with van der Waals surface area (Å²) >= 11 is 0. The van der Waals surface area contributed by atoms with Gasteiger partial charge in [-0.05, 0) is 6.92 Å². The second-order valence-corrected chi connectivity index (χ2v) is 5.55. The predicted octanol–water partition coefficient (Wildman–Crippen LogP) is -2.37. The van der Waals surface area contributed by atoms with Crippen molar-refractivity contribution < 1.29 is 34.2 Å². The Morgan fingerprint density at radius 1 is 1.47 bits per heavy atom. The summed E-state index contributed by atoms with van der Waals surface area (Å²) in [7, 11) is -8.56. The SMILES string of the molecule is CCOS(=O)(=O)N(CC(N)=O)C1OS(=O)(=O)O1. The van der Waals surface area contributed by atoms with Crippen molar-refractivity contribution in [1.82, 2.24) is 4.31 Å². The lowest BCUT2D eigenvalue weighted by molar-refractivity contribution is -0.154. The van der Waals surface area contributed by atoms with Crippen molar-refractivity contribution in [3.8, 4) is 0 Å². The molecule has 17 heavy (non-hydrogen) atoms. The Hall–Kier alpha value is -0.790. The van der Waals surface area contributed by atoms with Gasteiger partial charge in [-0.2, -0.15) is 25.2 Å². The molecule has 2 N–H and O–H groups in total. The molecule has 0 aromatic heterocycles. The summed E-state index contributed by atoms with van der Waals surface area (Å²) in [5.41, 5.74) is 4.81. The Morgan fingerprint density at radius 3 is 2.35 bits per heavy atom. The molecule has 10 nitrogen and oxygen atoms in total. The maximum atomic E-state index is 11.5. The highest BCUT2D eigenvalue weighted by Crippen LogP contribution is 2.24. The molecule has 1 saturated heterocycles. The average molecular weight is 290 g/mol. The summed E-state index contributed by atoms with van der Waals surface area (Å²) in [6.45, 7) is 0.346. The molecule has 0 aromatic carbocycles. The monoisotopic (exact) mass is 290 g/mol. The van der Waals surface area contributed by atoms with E-state index in [1.165, 1.54) is 6.92 Å². The van der Waals surface area contributed by atoms with Crippen molar-refractivity contribution in [2.24, 2.45) is 5.73 Å². The van der Waals surface area contributed by atoms with Crippen LogP contribution in [-0.4, -0.2) is 46.6 Å². The van der Waals surface area contributed by atoms with E-state index >= 15 is 0 Å². The van der Waals surface area contributed by atoms with Crippen LogP contribution in [0.2, 0.25) is 0 Å². The smallest absolute Gasteiger partial charge is 0.369 e. The van der Waals surface area contributed by atoms with Crippen LogP contribution in [0.5, 0.6) is 0 Å². The number of carbonyl (C=O) groups excluding carboxylic acids is 1. The molecule has 0 atom stereocenters. The number of primary amides is 1. The molecule has 0 aliphatic carbocycles. The zero-order valence-electron chi connectivity index (χ0n) is 8.60. The average Bonchev–Trinajstić information content (AvgIpc) is 2.09. The first-order valence-corrected chi connectivity index (χ1v) is 6.94. The number of nitrogens with zero attached hydrogens (tertiary/aromatic N) is 1. The predicted molar refractivity (Wildman–Crippen MR) is 51.3 cm³/mol. The van der Waals surface area contributed by atoms with Crippen LogP contribution in [0, 0.1) is 0 Å². The van der Waals surface area contributed by atoms with Crippen LogP contribution in [0.25, 0.3) is 0 Å². The zero-order chi connectivity index (χ0) is 13.3. The van der Waals surface area contributed by atoms with Crippen LogP contribution >= 0.6 is 0 Å². The fourth-order valence-electron chi connectivity index (χ4n) is 0.934. The molecule has 12 heteroatoms. The van der Waals surface area contributed by atoms with E-state index in [1.54, 1.807) is 0 Å². The van der Waals surface area contributed by atoms with E-state index in [9.17, 15) is 21.6 Å². The minimum atomic E-state index is -4.36. The zero-order valence-corrected chi connectivity index (χ0v) is 10.2. The van der Waals surface area contributed by atoms with Crippen LogP contribution in [0.1, 0.15) is 6.92 Å². The van der Waals surface area contributed by atoms with E-state index in [1.807, 2.05) is 0 Å². The largest absolute Gasteiger partial charge is 0.407 e. The van der Waals surface area contributed by atoms with Gasteiger partial charge in [0, 0.05) is 0 Å². The highest BCUT2D eigenvalue weighted by atomic mass is 32.3. The first-order chi connectivity index (χ1) is 7.68. The summed E-state index contributed by atoms with van der Waals surface area (Å²) in [5.74, 6) is -1.02. The maximum Gasteiger partial charge on any atom is 0.407 e. The Morgan fingerprint density at radius 2 is 2.00 bits per heavy atom. The van der Waals surface area contributed by atoms with Gasteiger partial charge < -0.3 is 5.73 Å². The minimum absolute atomic E-state index is 0.211. The molecule has 100 valence electrons. The first kappa shape index (κ1) is 14.3. The Kier molecular flexibility index (Phi) is 4.06. The van der Waals surface area contributed by atoms with Gasteiger partial charge in [-0.3, -0.25) is 8.98 Å². The fraction of sp³-hybridized carbons (Fsp3) is 0.800. The van der Waals surface area contributed by atoms with Crippen molar-refractivity contribution >= 4 is 26.6 Å². The van der Waals surface area contributed by atoms with Gasteiger partial charge in [0.25, 0.3) is 6.41 Å². The van der Waals surface area contributed by atoms with Crippen molar-refractivity contribution in [3.63, 3.8) is 0 Å². The fourth-order valence-corrected chi connectivity index (χ4v) is 2.68. The Labute approximate surface area is 97.8 Å². The van der Waals surface area contributed by atoms with Gasteiger partial charge in [0.05, 0.1) is 13.2 Å². The van der Waals surface area contributed by atoms with E-state index in [2.05, 4.69) is 12.5 Å². The lowest BCUT2D eigenvalue weighted by atomic mass is 10.6. The molecular formula is C5H10N2O8S2. The number of amides is 1. The molecule has 1 heterocycles. The molecular weight excluding hydrogens is 280 g/mol. The third kappa shape index (κ3) is 3.58. The molecule has 0 saturated carbocycles. The van der Waals surface area contributed by atoms with Crippen LogP contribution in [0.3, 0.4) is 0 Å². The van der Waals surface area contributed by atoms with E-state index < -0.39 is 39.6 Å². The second kappa shape index (κ2) is 4.83. The van der Waals surface area contributed by atoms with Gasteiger partial charge in [0.15, 0.2) is 0 Å². The van der Waals surface area contributed by atoms with Gasteiger partial charge in [-0.15, -0.1) is 4.31 Å². The normalized spacial score (nSPS) is 20.1. The van der Waals surface area contributed by atoms with E-state index in [-0.39, 0.29) is 10.9 Å².